The summed E-state index contributed by atoms with van der Waals surface area (Å²) in [6, 6.07) is 18.6. The van der Waals surface area contributed by atoms with Gasteiger partial charge in [-0.15, -0.1) is 0 Å². The number of hydrogen-bond donors (Lipinski definition) is 2. The monoisotopic (exact) mass is 469 g/mol. The normalized spacial score (nSPS) is 16.4. The molecule has 0 aliphatic carbocycles. The smallest absolute Gasteiger partial charge is 0.410 e. The number of hydrogen-bond acceptors (Lipinski definition) is 3. The Labute approximate surface area is 205 Å². The fourth-order valence-electron chi connectivity index (χ4n) is 4.07. The molecule has 1 aromatic carbocycles. The molecule has 0 bridgehead atoms. The average Bonchev–Trinajstić information content (AvgIpc) is 3.24. The summed E-state index contributed by atoms with van der Waals surface area (Å²) in [5.41, 5.74) is 0.821. The zero-order valence-corrected chi connectivity index (χ0v) is 21.4. The van der Waals surface area contributed by atoms with Crippen molar-refractivity contribution in [2.45, 2.75) is 83.8 Å². The van der Waals surface area contributed by atoms with Crippen LogP contribution in [0.2, 0.25) is 0 Å². The van der Waals surface area contributed by atoms with E-state index in [0.29, 0.717) is 25.6 Å². The lowest BCUT2D eigenvalue weighted by atomic mass is 9.90. The summed E-state index contributed by atoms with van der Waals surface area (Å²) in [6.07, 6.45) is 5.88. The third-order valence-corrected chi connectivity index (χ3v) is 5.81. The van der Waals surface area contributed by atoms with E-state index in [2.05, 4.69) is 54.0 Å². The van der Waals surface area contributed by atoms with Crippen molar-refractivity contribution in [1.82, 2.24) is 15.5 Å². The van der Waals surface area contributed by atoms with Crippen molar-refractivity contribution in [3.05, 3.63) is 60.2 Å². The van der Waals surface area contributed by atoms with Crippen LogP contribution in [0.4, 0.5) is 9.59 Å². The van der Waals surface area contributed by atoms with Gasteiger partial charge in [0.25, 0.3) is 0 Å². The highest BCUT2D eigenvalue weighted by molar-refractivity contribution is 5.74. The summed E-state index contributed by atoms with van der Waals surface area (Å²) < 4.78 is 5.42. The molecule has 1 aliphatic rings. The number of nitrogens with one attached hydrogen (secondary N) is 2. The predicted molar refractivity (Wildman–Crippen MR) is 138 cm³/mol. The molecule has 2 N–H and O–H groups in total. The van der Waals surface area contributed by atoms with Crippen LogP contribution in [0, 0.1) is 0 Å². The number of nitrogens with zero attached hydrogens (tertiary/aromatic N) is 1. The van der Waals surface area contributed by atoms with Crippen molar-refractivity contribution in [1.29, 1.82) is 0 Å². The van der Waals surface area contributed by atoms with Crippen molar-refractivity contribution < 1.29 is 14.3 Å². The Morgan fingerprint density at radius 3 is 2.26 bits per heavy atom. The molecular weight excluding hydrogens is 426 g/mol. The van der Waals surface area contributed by atoms with Crippen molar-refractivity contribution in [2.24, 2.45) is 0 Å². The molecular formula is C28H43N3O3. The second-order valence-corrected chi connectivity index (χ2v) is 9.97. The number of carbonyl (C=O) groups is 2. The number of unbranched alkanes of at least 4 members (excludes halogenated alkanes) is 1. The first kappa shape index (κ1) is 27.5. The standard InChI is InChI=1S/C28H43N3O3/c1-5-6-15-23(24-16-12-10-8-7-9-11-13-17-24)18-14-20-29-26(32)30-25-19-21-31(22-25)27(33)34-28(2,3)4/h7-13,16-17,23,25H,5-6,14-15,18-22H2,1-4H3,(H2,29,30,32)/t23?,25-/m1/s1. The Balaban J connectivity index is 1.79. The number of carbonyl (C=O) groups excluding carboxylic acids is 2. The van der Waals surface area contributed by atoms with Crippen LogP contribution in [0.1, 0.15) is 77.7 Å². The van der Waals surface area contributed by atoms with Gasteiger partial charge in [-0.1, -0.05) is 74.4 Å². The highest BCUT2D eigenvalue weighted by Gasteiger charge is 2.30. The molecule has 188 valence electrons. The number of ether oxygens (including phenoxy) is 1. The molecule has 6 nitrogen and oxygen atoms in total. The van der Waals surface area contributed by atoms with E-state index in [1.165, 1.54) is 18.4 Å². The molecule has 2 rings (SSSR count). The molecule has 6 heteroatoms. The van der Waals surface area contributed by atoms with Gasteiger partial charge in [-0.3, -0.25) is 0 Å². The molecule has 34 heavy (non-hydrogen) atoms. The molecule has 1 aromatic rings. The van der Waals surface area contributed by atoms with E-state index < -0.39 is 5.60 Å². The van der Waals surface area contributed by atoms with E-state index in [-0.39, 0.29) is 18.2 Å². The van der Waals surface area contributed by atoms with E-state index in [1.54, 1.807) is 4.90 Å². The molecule has 1 fully saturated rings. The molecule has 0 radical (unpaired) electrons. The Morgan fingerprint density at radius 1 is 1.03 bits per heavy atom. The van der Waals surface area contributed by atoms with Crippen molar-refractivity contribution >= 4 is 12.1 Å². The Bertz CT molecular complexity index is 795. The van der Waals surface area contributed by atoms with Gasteiger partial charge >= 0.3 is 12.1 Å². The minimum atomic E-state index is -0.515. The maximum absolute atomic E-state index is 12.4. The van der Waals surface area contributed by atoms with Gasteiger partial charge in [0.1, 0.15) is 5.60 Å². The average molecular weight is 470 g/mol. The summed E-state index contributed by atoms with van der Waals surface area (Å²) in [7, 11) is 0. The number of rotatable bonds is 9. The Morgan fingerprint density at radius 2 is 1.65 bits per heavy atom. The van der Waals surface area contributed by atoms with Gasteiger partial charge in [0.05, 0.1) is 0 Å². The number of amides is 3. The molecule has 1 saturated heterocycles. The molecule has 0 aromatic heterocycles. The topological polar surface area (TPSA) is 70.7 Å². The van der Waals surface area contributed by atoms with Gasteiger partial charge in [-0.25, -0.2) is 9.59 Å². The first-order chi connectivity index (χ1) is 16.3. The number of likely N-dealkylation sites (tertiary alicyclic amines) is 1. The summed E-state index contributed by atoms with van der Waals surface area (Å²) in [4.78, 5) is 26.2. The third-order valence-electron chi connectivity index (χ3n) is 5.81. The molecule has 3 amide bonds. The summed E-state index contributed by atoms with van der Waals surface area (Å²) >= 11 is 0. The largest absolute Gasteiger partial charge is 0.444 e. The molecule has 2 atom stereocenters. The second kappa shape index (κ2) is 14.5. The van der Waals surface area contributed by atoms with Crippen LogP contribution in [-0.2, 0) is 4.74 Å². The van der Waals surface area contributed by atoms with Crippen LogP contribution in [-0.4, -0.2) is 48.3 Å². The Kier molecular flexibility index (Phi) is 11.7. The van der Waals surface area contributed by atoms with E-state index in [9.17, 15) is 9.59 Å². The fraction of sp³-hybridized carbons (Fsp3) is 0.571. The van der Waals surface area contributed by atoms with Crippen LogP contribution in [0.25, 0.3) is 0 Å². The summed E-state index contributed by atoms with van der Waals surface area (Å²) in [6.45, 7) is 9.51. The van der Waals surface area contributed by atoms with Crippen molar-refractivity contribution in [3.63, 3.8) is 0 Å². The summed E-state index contributed by atoms with van der Waals surface area (Å²) in [5.74, 6) is 0.472. The molecule has 1 unspecified atom stereocenters. The Hall–Kier alpha value is -2.76. The van der Waals surface area contributed by atoms with Crippen LogP contribution in [0.5, 0.6) is 0 Å². The van der Waals surface area contributed by atoms with Gasteiger partial charge < -0.3 is 20.3 Å². The van der Waals surface area contributed by atoms with Crippen molar-refractivity contribution in [3.8, 4) is 0 Å². The molecule has 0 spiro atoms. The minimum absolute atomic E-state index is 0.0445. The van der Waals surface area contributed by atoms with E-state index >= 15 is 0 Å². The lowest BCUT2D eigenvalue weighted by Crippen LogP contribution is -2.44. The maximum atomic E-state index is 12.4. The summed E-state index contributed by atoms with van der Waals surface area (Å²) in [5, 5.41) is 5.99. The van der Waals surface area contributed by atoms with Gasteiger partial charge in [-0.05, 0) is 57.9 Å². The lowest BCUT2D eigenvalue weighted by Gasteiger charge is -2.24. The predicted octanol–water partition coefficient (Wildman–Crippen LogP) is 6.17. The third kappa shape index (κ3) is 10.9. The first-order valence-electron chi connectivity index (χ1n) is 12.7. The van der Waals surface area contributed by atoms with Crippen LogP contribution in [0.3, 0.4) is 0 Å². The maximum Gasteiger partial charge on any atom is 0.410 e. The fourth-order valence-corrected chi connectivity index (χ4v) is 4.07. The van der Waals surface area contributed by atoms with Crippen LogP contribution >= 0.6 is 0 Å². The van der Waals surface area contributed by atoms with Crippen molar-refractivity contribution in [2.75, 3.05) is 19.6 Å². The van der Waals surface area contributed by atoms with Gasteiger partial charge in [0.15, 0.2) is 0 Å². The SMILES string of the molecule is CCCCC(CCCNC(=O)N[C@@H]1CCN(C(=O)OC(C)(C)C)C1)c1ccccccccc1. The van der Waals surface area contributed by atoms with E-state index in [4.69, 9.17) is 4.74 Å². The first-order valence-corrected chi connectivity index (χ1v) is 12.7. The van der Waals surface area contributed by atoms with E-state index in [0.717, 1.165) is 25.7 Å². The van der Waals surface area contributed by atoms with Crippen LogP contribution < -0.4 is 10.6 Å². The zero-order valence-electron chi connectivity index (χ0n) is 21.4. The molecule has 1 aliphatic heterocycles. The highest BCUT2D eigenvalue weighted by Crippen LogP contribution is 2.26. The van der Waals surface area contributed by atoms with Gasteiger partial charge in [-0.2, -0.15) is 0 Å². The number of urea groups is 1. The quantitative estimate of drug-likeness (QED) is 0.425. The molecule has 1 heterocycles. The minimum Gasteiger partial charge on any atom is -0.444 e. The second-order valence-electron chi connectivity index (χ2n) is 9.97. The van der Waals surface area contributed by atoms with Crippen LogP contribution in [0.15, 0.2) is 54.6 Å². The zero-order chi connectivity index (χ0) is 24.8. The lowest BCUT2D eigenvalue weighted by molar-refractivity contribution is 0.0291. The highest BCUT2D eigenvalue weighted by atomic mass is 16.6. The van der Waals surface area contributed by atoms with E-state index in [1.807, 2.05) is 39.0 Å². The van der Waals surface area contributed by atoms with Gasteiger partial charge in [0, 0.05) is 25.7 Å². The molecule has 0 saturated carbocycles. The van der Waals surface area contributed by atoms with Gasteiger partial charge in [0.2, 0.25) is 0 Å².